The van der Waals surface area contributed by atoms with Gasteiger partial charge < -0.3 is 5.32 Å². The Morgan fingerprint density at radius 2 is 2.05 bits per heavy atom. The topological polar surface area (TPSA) is 29.1 Å². The summed E-state index contributed by atoms with van der Waals surface area (Å²) in [4.78, 5) is 12.2. The van der Waals surface area contributed by atoms with E-state index in [1.807, 2.05) is 24.3 Å². The van der Waals surface area contributed by atoms with Gasteiger partial charge in [0.1, 0.15) is 0 Å². The van der Waals surface area contributed by atoms with Crippen molar-refractivity contribution in [3.05, 3.63) is 34.9 Å². The molecule has 1 rings (SSSR count). The average molecular weight is 347 g/mol. The highest BCUT2D eigenvalue weighted by Crippen LogP contribution is 2.19. The third-order valence-corrected chi connectivity index (χ3v) is 4.61. The quantitative estimate of drug-likeness (QED) is 0.737. The molecule has 1 amide bonds. The van der Waals surface area contributed by atoms with Crippen molar-refractivity contribution in [1.82, 2.24) is 5.32 Å². The Hall–Kier alpha value is -0.540. The first-order valence-electron chi connectivity index (χ1n) is 6.72. The number of carbonyl (C=O) groups is 1. The summed E-state index contributed by atoms with van der Waals surface area (Å²) in [7, 11) is 0. The lowest BCUT2D eigenvalue weighted by atomic mass is 9.99. The molecule has 1 aromatic carbocycles. The van der Waals surface area contributed by atoms with Crippen LogP contribution in [0.5, 0.6) is 0 Å². The van der Waals surface area contributed by atoms with Crippen LogP contribution >= 0.6 is 27.5 Å². The van der Waals surface area contributed by atoms with Gasteiger partial charge in [0.15, 0.2) is 0 Å². The first-order valence-corrected chi connectivity index (χ1v) is 8.01. The fourth-order valence-corrected chi connectivity index (χ4v) is 3.20. The van der Waals surface area contributed by atoms with Crippen LogP contribution in [0.4, 0.5) is 0 Å². The van der Waals surface area contributed by atoms with E-state index in [2.05, 4.69) is 35.1 Å². The molecule has 1 N–H and O–H groups in total. The number of carbonyl (C=O) groups excluding carboxylic acids is 1. The van der Waals surface area contributed by atoms with E-state index in [4.69, 9.17) is 11.6 Å². The van der Waals surface area contributed by atoms with Gasteiger partial charge in [-0.15, -0.1) is 0 Å². The van der Waals surface area contributed by atoms with Crippen molar-refractivity contribution in [2.24, 2.45) is 5.92 Å². The molecule has 0 aromatic heterocycles. The van der Waals surface area contributed by atoms with Gasteiger partial charge in [-0.3, -0.25) is 4.79 Å². The van der Waals surface area contributed by atoms with Crippen LogP contribution in [0.15, 0.2) is 24.3 Å². The molecule has 0 fully saturated rings. The Balaban J connectivity index is 2.39. The van der Waals surface area contributed by atoms with Gasteiger partial charge in [0.25, 0.3) is 0 Å². The van der Waals surface area contributed by atoms with Gasteiger partial charge >= 0.3 is 0 Å². The molecule has 1 unspecified atom stereocenters. The maximum absolute atomic E-state index is 11.9. The van der Waals surface area contributed by atoms with Crippen LogP contribution in [0, 0.1) is 5.92 Å². The Morgan fingerprint density at radius 1 is 1.37 bits per heavy atom. The number of alkyl halides is 1. The van der Waals surface area contributed by atoms with Gasteiger partial charge in [-0.05, 0) is 23.6 Å². The second kappa shape index (κ2) is 8.60. The number of halogens is 2. The Labute approximate surface area is 129 Å². The molecule has 106 valence electrons. The van der Waals surface area contributed by atoms with Crippen LogP contribution in [-0.4, -0.2) is 17.3 Å². The fourth-order valence-electron chi connectivity index (χ4n) is 2.07. The average Bonchev–Trinajstić information content (AvgIpc) is 2.38. The van der Waals surface area contributed by atoms with Crippen LogP contribution in [0.1, 0.15) is 32.3 Å². The summed E-state index contributed by atoms with van der Waals surface area (Å²) in [5.74, 6) is 0.643. The van der Waals surface area contributed by atoms with Crippen molar-refractivity contribution in [3.8, 4) is 0 Å². The number of benzene rings is 1. The van der Waals surface area contributed by atoms with Crippen molar-refractivity contribution >= 4 is 33.4 Å². The third kappa shape index (κ3) is 5.96. The van der Waals surface area contributed by atoms with Gasteiger partial charge in [0.2, 0.25) is 5.91 Å². The molecular weight excluding hydrogens is 326 g/mol. The lowest BCUT2D eigenvalue weighted by molar-refractivity contribution is -0.120. The molecule has 0 aliphatic rings. The largest absolute Gasteiger partial charge is 0.355 e. The number of hydrogen-bond acceptors (Lipinski definition) is 1. The number of amides is 1. The summed E-state index contributed by atoms with van der Waals surface area (Å²) in [5, 5.41) is 3.64. The SMILES string of the molecule is CCC(CC)C(Br)CNC(=O)Cc1cccc(Cl)c1. The smallest absolute Gasteiger partial charge is 0.224 e. The monoisotopic (exact) mass is 345 g/mol. The van der Waals surface area contributed by atoms with Crippen LogP contribution in [-0.2, 0) is 11.2 Å². The zero-order chi connectivity index (χ0) is 14.3. The van der Waals surface area contributed by atoms with Gasteiger partial charge in [-0.25, -0.2) is 0 Å². The molecule has 1 aromatic rings. The second-order valence-electron chi connectivity index (χ2n) is 4.70. The maximum atomic E-state index is 11.9. The van der Waals surface area contributed by atoms with Crippen molar-refractivity contribution < 1.29 is 4.79 Å². The van der Waals surface area contributed by atoms with Gasteiger partial charge in [-0.1, -0.05) is 66.4 Å². The molecule has 0 spiro atoms. The molecule has 0 aliphatic heterocycles. The Morgan fingerprint density at radius 3 is 2.63 bits per heavy atom. The number of nitrogens with one attached hydrogen (secondary N) is 1. The molecule has 0 heterocycles. The minimum absolute atomic E-state index is 0.0395. The van der Waals surface area contributed by atoms with Gasteiger partial charge in [-0.2, -0.15) is 0 Å². The first kappa shape index (κ1) is 16.5. The zero-order valence-corrected chi connectivity index (χ0v) is 13.8. The van der Waals surface area contributed by atoms with E-state index < -0.39 is 0 Å². The molecule has 0 saturated heterocycles. The first-order chi connectivity index (χ1) is 9.06. The molecule has 1 atom stereocenters. The highest BCUT2D eigenvalue weighted by molar-refractivity contribution is 9.09. The molecule has 0 saturated carbocycles. The van der Waals surface area contributed by atoms with E-state index in [-0.39, 0.29) is 5.91 Å². The number of hydrogen-bond donors (Lipinski definition) is 1. The molecule has 0 bridgehead atoms. The normalized spacial score (nSPS) is 12.5. The van der Waals surface area contributed by atoms with E-state index in [0.29, 0.717) is 28.7 Å². The van der Waals surface area contributed by atoms with Crippen molar-refractivity contribution in [2.45, 2.75) is 37.9 Å². The summed E-state index contributed by atoms with van der Waals surface area (Å²) in [6, 6.07) is 7.42. The highest BCUT2D eigenvalue weighted by atomic mass is 79.9. The van der Waals surface area contributed by atoms with Crippen LogP contribution in [0.3, 0.4) is 0 Å². The summed E-state index contributed by atoms with van der Waals surface area (Å²) in [6.07, 6.45) is 2.62. The Bertz CT molecular complexity index is 407. The summed E-state index contributed by atoms with van der Waals surface area (Å²) >= 11 is 9.55. The van der Waals surface area contributed by atoms with E-state index in [9.17, 15) is 4.79 Å². The summed E-state index contributed by atoms with van der Waals surface area (Å²) in [5.41, 5.74) is 0.943. The van der Waals surface area contributed by atoms with Crippen LogP contribution in [0.25, 0.3) is 0 Å². The van der Waals surface area contributed by atoms with Crippen LogP contribution in [0.2, 0.25) is 5.02 Å². The number of rotatable bonds is 7. The van der Waals surface area contributed by atoms with Gasteiger partial charge in [0, 0.05) is 16.4 Å². The highest BCUT2D eigenvalue weighted by Gasteiger charge is 2.16. The summed E-state index contributed by atoms with van der Waals surface area (Å²) in [6.45, 7) is 5.03. The third-order valence-electron chi connectivity index (χ3n) is 3.31. The lowest BCUT2D eigenvalue weighted by Gasteiger charge is -2.19. The minimum Gasteiger partial charge on any atom is -0.355 e. The molecule has 0 aliphatic carbocycles. The molecule has 2 nitrogen and oxygen atoms in total. The van der Waals surface area contributed by atoms with E-state index in [0.717, 1.165) is 18.4 Å². The van der Waals surface area contributed by atoms with Crippen molar-refractivity contribution in [2.75, 3.05) is 6.54 Å². The second-order valence-corrected chi connectivity index (χ2v) is 6.32. The Kier molecular flexibility index (Phi) is 7.47. The van der Waals surface area contributed by atoms with E-state index in [1.54, 1.807) is 0 Å². The maximum Gasteiger partial charge on any atom is 0.224 e. The molecule has 19 heavy (non-hydrogen) atoms. The van der Waals surface area contributed by atoms with Crippen molar-refractivity contribution in [1.29, 1.82) is 0 Å². The minimum atomic E-state index is 0.0395. The van der Waals surface area contributed by atoms with Crippen molar-refractivity contribution in [3.63, 3.8) is 0 Å². The summed E-state index contributed by atoms with van der Waals surface area (Å²) < 4.78 is 0. The lowest BCUT2D eigenvalue weighted by Crippen LogP contribution is -2.33. The zero-order valence-electron chi connectivity index (χ0n) is 11.5. The molecule has 4 heteroatoms. The van der Waals surface area contributed by atoms with Crippen LogP contribution < -0.4 is 5.32 Å². The molecule has 0 radical (unpaired) electrons. The van der Waals surface area contributed by atoms with E-state index in [1.165, 1.54) is 0 Å². The fraction of sp³-hybridized carbons (Fsp3) is 0.533. The molecular formula is C15H21BrClNO. The predicted octanol–water partition coefficient (Wildman–Crippen LogP) is 4.20. The predicted molar refractivity (Wildman–Crippen MR) is 85.0 cm³/mol. The van der Waals surface area contributed by atoms with E-state index >= 15 is 0 Å². The standard InChI is InChI=1S/C15H21BrClNO/c1-3-12(4-2)14(16)10-18-15(19)9-11-6-5-7-13(17)8-11/h5-8,12,14H,3-4,9-10H2,1-2H3,(H,18,19). The van der Waals surface area contributed by atoms with Gasteiger partial charge in [0.05, 0.1) is 6.42 Å².